The van der Waals surface area contributed by atoms with Gasteiger partial charge in [-0.1, -0.05) is 35.9 Å². The Bertz CT molecular complexity index is 729. The van der Waals surface area contributed by atoms with Crippen molar-refractivity contribution in [1.82, 2.24) is 9.88 Å². The van der Waals surface area contributed by atoms with E-state index in [0.29, 0.717) is 24.7 Å². The van der Waals surface area contributed by atoms with Crippen LogP contribution in [0, 0.1) is 0 Å². The van der Waals surface area contributed by atoms with Gasteiger partial charge in [-0.3, -0.25) is 9.78 Å². The molecular weight excluding hydrogens is 324 g/mol. The second-order valence-electron chi connectivity index (χ2n) is 5.71. The van der Waals surface area contributed by atoms with Gasteiger partial charge in [0, 0.05) is 36.5 Å². The molecule has 1 aromatic heterocycles. The highest BCUT2D eigenvalue weighted by atomic mass is 35.5. The van der Waals surface area contributed by atoms with Crippen LogP contribution in [0.1, 0.15) is 23.6 Å². The van der Waals surface area contributed by atoms with Gasteiger partial charge >= 0.3 is 0 Å². The van der Waals surface area contributed by atoms with E-state index in [1.54, 1.807) is 17.3 Å². The van der Waals surface area contributed by atoms with E-state index >= 15 is 0 Å². The molecule has 0 saturated heterocycles. The normalized spacial score (nSPS) is 15.5. The first kappa shape index (κ1) is 16.7. The number of benzene rings is 1. The number of hydrogen-bond donors (Lipinski definition) is 0. The number of rotatable bonds is 4. The van der Waals surface area contributed by atoms with E-state index in [1.807, 2.05) is 49.5 Å². The smallest absolute Gasteiger partial charge is 0.250 e. The van der Waals surface area contributed by atoms with Crippen molar-refractivity contribution in [2.45, 2.75) is 12.5 Å². The first-order chi connectivity index (χ1) is 11.7. The van der Waals surface area contributed by atoms with Crippen molar-refractivity contribution in [3.05, 3.63) is 76.6 Å². The van der Waals surface area contributed by atoms with Crippen molar-refractivity contribution < 1.29 is 9.53 Å². The van der Waals surface area contributed by atoms with Crippen LogP contribution >= 0.6 is 11.6 Å². The highest BCUT2D eigenvalue weighted by Crippen LogP contribution is 2.29. The van der Waals surface area contributed by atoms with Gasteiger partial charge in [-0.25, -0.2) is 0 Å². The molecule has 24 heavy (non-hydrogen) atoms. The largest absolute Gasteiger partial charge is 0.377 e. The van der Waals surface area contributed by atoms with Crippen LogP contribution < -0.4 is 0 Å². The van der Waals surface area contributed by atoms with Gasteiger partial charge in [0.15, 0.2) is 0 Å². The Labute approximate surface area is 146 Å². The summed E-state index contributed by atoms with van der Waals surface area (Å²) in [6.07, 6.45) is 6.03. The standard InChI is InChI=1S/C19H19ClN2O2/c1-22(19(23)15-8-11-24-12-9-15)18(16-3-2-10-21-13-16)14-4-6-17(20)7-5-14/h2-8,10,13,18H,9,11-12H2,1H3. The number of carbonyl (C=O) groups excluding carboxylic acids is 1. The highest BCUT2D eigenvalue weighted by Gasteiger charge is 2.26. The second kappa shape index (κ2) is 7.60. The van der Waals surface area contributed by atoms with Crippen LogP contribution in [0.3, 0.4) is 0 Å². The Morgan fingerprint density at radius 2 is 2.04 bits per heavy atom. The van der Waals surface area contributed by atoms with Gasteiger partial charge in [-0.2, -0.15) is 0 Å². The summed E-state index contributed by atoms with van der Waals surface area (Å²) in [5.74, 6) is 0.0158. The SMILES string of the molecule is CN(C(=O)C1=CCOCC1)C(c1ccc(Cl)cc1)c1cccnc1. The average Bonchev–Trinajstić information content (AvgIpc) is 2.64. The first-order valence-corrected chi connectivity index (χ1v) is 8.24. The average molecular weight is 343 g/mol. The van der Waals surface area contributed by atoms with Crippen molar-refractivity contribution in [3.8, 4) is 0 Å². The van der Waals surface area contributed by atoms with Gasteiger partial charge < -0.3 is 9.64 Å². The molecule has 0 N–H and O–H groups in total. The summed E-state index contributed by atoms with van der Waals surface area (Å²) < 4.78 is 5.30. The lowest BCUT2D eigenvalue weighted by atomic mass is 9.97. The third-order valence-electron chi connectivity index (χ3n) is 4.13. The Morgan fingerprint density at radius 3 is 2.67 bits per heavy atom. The molecule has 1 aliphatic heterocycles. The predicted octanol–water partition coefficient (Wildman–Crippen LogP) is 3.63. The predicted molar refractivity (Wildman–Crippen MR) is 93.8 cm³/mol. The maximum Gasteiger partial charge on any atom is 0.250 e. The van der Waals surface area contributed by atoms with Crippen molar-refractivity contribution in [1.29, 1.82) is 0 Å². The first-order valence-electron chi connectivity index (χ1n) is 7.86. The lowest BCUT2D eigenvalue weighted by Gasteiger charge is -2.30. The van der Waals surface area contributed by atoms with E-state index in [9.17, 15) is 4.79 Å². The van der Waals surface area contributed by atoms with Crippen LogP contribution in [-0.4, -0.2) is 36.1 Å². The van der Waals surface area contributed by atoms with Crippen molar-refractivity contribution >= 4 is 17.5 Å². The molecule has 1 atom stereocenters. The molecule has 0 bridgehead atoms. The van der Waals surface area contributed by atoms with Crippen LogP contribution in [0.5, 0.6) is 0 Å². The van der Waals surface area contributed by atoms with Gasteiger partial charge in [0.25, 0.3) is 0 Å². The summed E-state index contributed by atoms with van der Waals surface area (Å²) in [7, 11) is 1.82. The van der Waals surface area contributed by atoms with Crippen LogP contribution in [0.4, 0.5) is 0 Å². The number of pyridine rings is 1. The van der Waals surface area contributed by atoms with Crippen LogP contribution in [0.25, 0.3) is 0 Å². The lowest BCUT2D eigenvalue weighted by Crippen LogP contribution is -2.34. The molecule has 0 spiro atoms. The number of likely N-dealkylation sites (N-methyl/N-ethyl adjacent to an activating group) is 1. The molecule has 0 saturated carbocycles. The van der Waals surface area contributed by atoms with E-state index in [1.165, 1.54) is 0 Å². The zero-order valence-electron chi connectivity index (χ0n) is 13.5. The van der Waals surface area contributed by atoms with E-state index in [-0.39, 0.29) is 11.9 Å². The Balaban J connectivity index is 1.96. The molecule has 2 heterocycles. The van der Waals surface area contributed by atoms with Crippen molar-refractivity contribution in [2.75, 3.05) is 20.3 Å². The zero-order chi connectivity index (χ0) is 16.9. The van der Waals surface area contributed by atoms with Gasteiger partial charge in [-0.05, 0) is 29.3 Å². The molecule has 0 fully saturated rings. The highest BCUT2D eigenvalue weighted by molar-refractivity contribution is 6.30. The topological polar surface area (TPSA) is 42.4 Å². The molecular formula is C19H19ClN2O2. The molecule has 124 valence electrons. The monoisotopic (exact) mass is 342 g/mol. The Hall–Kier alpha value is -2.17. The third-order valence-corrected chi connectivity index (χ3v) is 4.38. The quantitative estimate of drug-likeness (QED) is 0.852. The molecule has 1 unspecified atom stereocenters. The number of carbonyl (C=O) groups is 1. The minimum atomic E-state index is -0.216. The summed E-state index contributed by atoms with van der Waals surface area (Å²) in [6.45, 7) is 1.08. The molecule has 2 aromatic rings. The number of aromatic nitrogens is 1. The minimum Gasteiger partial charge on any atom is -0.377 e. The Morgan fingerprint density at radius 1 is 1.25 bits per heavy atom. The van der Waals surface area contributed by atoms with E-state index in [0.717, 1.165) is 16.7 Å². The molecule has 1 aliphatic rings. The number of ether oxygens (including phenoxy) is 1. The summed E-state index contributed by atoms with van der Waals surface area (Å²) in [4.78, 5) is 18.9. The molecule has 1 aromatic carbocycles. The summed E-state index contributed by atoms with van der Waals surface area (Å²) in [5, 5.41) is 0.671. The number of hydrogen-bond acceptors (Lipinski definition) is 3. The molecule has 4 nitrogen and oxygen atoms in total. The molecule has 1 amide bonds. The summed E-state index contributed by atoms with van der Waals surface area (Å²) in [5.41, 5.74) is 2.76. The van der Waals surface area contributed by atoms with Crippen molar-refractivity contribution in [3.63, 3.8) is 0 Å². The number of halogens is 1. The van der Waals surface area contributed by atoms with Crippen molar-refractivity contribution in [2.24, 2.45) is 0 Å². The fourth-order valence-electron chi connectivity index (χ4n) is 2.89. The van der Waals surface area contributed by atoms with Gasteiger partial charge in [0.1, 0.15) is 0 Å². The molecule has 0 radical (unpaired) electrons. The third kappa shape index (κ3) is 3.66. The number of amides is 1. The van der Waals surface area contributed by atoms with E-state index in [2.05, 4.69) is 4.98 Å². The van der Waals surface area contributed by atoms with Gasteiger partial charge in [0.2, 0.25) is 5.91 Å². The van der Waals surface area contributed by atoms with Crippen LogP contribution in [0.2, 0.25) is 5.02 Å². The maximum atomic E-state index is 12.9. The number of nitrogens with zero attached hydrogens (tertiary/aromatic N) is 2. The van der Waals surface area contributed by atoms with E-state index < -0.39 is 0 Å². The molecule has 5 heteroatoms. The second-order valence-corrected chi connectivity index (χ2v) is 6.15. The van der Waals surface area contributed by atoms with E-state index in [4.69, 9.17) is 16.3 Å². The minimum absolute atomic E-state index is 0.0158. The Kier molecular flexibility index (Phi) is 5.28. The van der Waals surface area contributed by atoms with Gasteiger partial charge in [0.05, 0.1) is 19.3 Å². The lowest BCUT2D eigenvalue weighted by molar-refractivity contribution is -0.127. The van der Waals surface area contributed by atoms with Crippen LogP contribution in [-0.2, 0) is 9.53 Å². The van der Waals surface area contributed by atoms with Crippen LogP contribution in [0.15, 0.2) is 60.4 Å². The fraction of sp³-hybridized carbons (Fsp3) is 0.263. The fourth-order valence-corrected chi connectivity index (χ4v) is 3.01. The zero-order valence-corrected chi connectivity index (χ0v) is 14.2. The summed E-state index contributed by atoms with van der Waals surface area (Å²) in [6, 6.07) is 11.2. The van der Waals surface area contributed by atoms with Gasteiger partial charge in [-0.15, -0.1) is 0 Å². The summed E-state index contributed by atoms with van der Waals surface area (Å²) >= 11 is 6.01. The molecule has 0 aliphatic carbocycles. The maximum absolute atomic E-state index is 12.9. The molecule has 3 rings (SSSR count).